The molecule has 5 aliphatic carbocycles. The molecule has 0 spiro atoms. The predicted octanol–water partition coefficient (Wildman–Crippen LogP) is 8.24. The maximum atomic E-state index is 14.7. The first kappa shape index (κ1) is 33.0. The molecular formula is C39H53NO6. The van der Waals surface area contributed by atoms with Gasteiger partial charge in [0.2, 0.25) is 5.91 Å². The molecule has 6 rings (SSSR count). The number of aromatic carboxylic acids is 1. The Morgan fingerprint density at radius 2 is 1.57 bits per heavy atom. The normalized spacial score (nSPS) is 42.7. The second-order valence-corrected chi connectivity index (χ2v) is 17.5. The fourth-order valence-electron chi connectivity index (χ4n) is 11.8. The molecule has 5 aliphatic rings. The molecule has 4 fully saturated rings. The Morgan fingerprint density at radius 3 is 2.24 bits per heavy atom. The average molecular weight is 632 g/mol. The van der Waals surface area contributed by atoms with Crippen molar-refractivity contribution in [3.8, 4) is 0 Å². The van der Waals surface area contributed by atoms with Gasteiger partial charge in [0, 0.05) is 23.7 Å². The van der Waals surface area contributed by atoms with Crippen molar-refractivity contribution in [3.63, 3.8) is 0 Å². The minimum absolute atomic E-state index is 0.00122. The van der Waals surface area contributed by atoms with Gasteiger partial charge >= 0.3 is 11.9 Å². The zero-order valence-electron chi connectivity index (χ0n) is 29.0. The van der Waals surface area contributed by atoms with E-state index in [1.54, 1.807) is 18.2 Å². The fraction of sp³-hybridized carbons (Fsp3) is 0.692. The van der Waals surface area contributed by atoms with E-state index in [1.165, 1.54) is 18.6 Å². The van der Waals surface area contributed by atoms with Crippen LogP contribution in [0.3, 0.4) is 0 Å². The zero-order valence-corrected chi connectivity index (χ0v) is 29.0. The summed E-state index contributed by atoms with van der Waals surface area (Å²) in [5.74, 6) is -0.972. The summed E-state index contributed by atoms with van der Waals surface area (Å²) in [6.07, 6.45) is 9.78. The highest BCUT2D eigenvalue weighted by Crippen LogP contribution is 2.75. The van der Waals surface area contributed by atoms with Crippen molar-refractivity contribution in [1.29, 1.82) is 0 Å². The topological polar surface area (TPSA) is 110 Å². The van der Waals surface area contributed by atoms with Crippen LogP contribution in [0.4, 0.5) is 5.69 Å². The molecule has 250 valence electrons. The van der Waals surface area contributed by atoms with Crippen LogP contribution in [0, 0.1) is 50.2 Å². The first-order valence-corrected chi connectivity index (χ1v) is 17.4. The summed E-state index contributed by atoms with van der Waals surface area (Å²) in [7, 11) is 0. The molecule has 7 nitrogen and oxygen atoms in total. The quantitative estimate of drug-likeness (QED) is 0.324. The Morgan fingerprint density at radius 1 is 0.891 bits per heavy atom. The Labute approximate surface area is 274 Å². The molecule has 1 aromatic carbocycles. The molecular weight excluding hydrogens is 578 g/mol. The van der Waals surface area contributed by atoms with E-state index in [-0.39, 0.29) is 74.2 Å². The van der Waals surface area contributed by atoms with Crippen molar-refractivity contribution in [2.24, 2.45) is 50.2 Å². The molecule has 46 heavy (non-hydrogen) atoms. The molecule has 0 saturated heterocycles. The third kappa shape index (κ3) is 4.57. The van der Waals surface area contributed by atoms with Gasteiger partial charge in [-0.2, -0.15) is 0 Å². The van der Waals surface area contributed by atoms with E-state index in [9.17, 15) is 24.3 Å². The van der Waals surface area contributed by atoms with E-state index in [0.717, 1.165) is 51.4 Å². The number of ether oxygens (including phenoxy) is 1. The van der Waals surface area contributed by atoms with Crippen molar-refractivity contribution in [1.82, 2.24) is 0 Å². The third-order valence-corrected chi connectivity index (χ3v) is 14.8. The molecule has 2 N–H and O–H groups in total. The number of allylic oxidation sites excluding steroid dienone is 2. The van der Waals surface area contributed by atoms with Crippen LogP contribution in [0.1, 0.15) is 124 Å². The molecule has 0 radical (unpaired) electrons. The number of carbonyl (C=O) groups is 4. The van der Waals surface area contributed by atoms with Gasteiger partial charge in [0.15, 0.2) is 5.78 Å². The number of fused-ring (bicyclic) bond motifs is 7. The van der Waals surface area contributed by atoms with Crippen molar-refractivity contribution < 1.29 is 29.0 Å². The van der Waals surface area contributed by atoms with Crippen LogP contribution in [0.25, 0.3) is 0 Å². The Kier molecular flexibility index (Phi) is 7.54. The number of rotatable bonds is 4. The zero-order chi connectivity index (χ0) is 33.7. The summed E-state index contributed by atoms with van der Waals surface area (Å²) in [4.78, 5) is 52.5. The van der Waals surface area contributed by atoms with Crippen LogP contribution >= 0.6 is 0 Å². The lowest BCUT2D eigenvalue weighted by Crippen LogP contribution is -2.66. The number of para-hydroxylation sites is 1. The van der Waals surface area contributed by atoms with Crippen LogP contribution in [0.5, 0.6) is 0 Å². The smallest absolute Gasteiger partial charge is 0.337 e. The summed E-state index contributed by atoms with van der Waals surface area (Å²) < 4.78 is 5.86. The van der Waals surface area contributed by atoms with Crippen molar-refractivity contribution in [2.45, 2.75) is 119 Å². The largest absolute Gasteiger partial charge is 0.478 e. The number of carboxylic acid groups (broad SMARTS) is 1. The number of hydrogen-bond acceptors (Lipinski definition) is 5. The molecule has 4 saturated carbocycles. The van der Waals surface area contributed by atoms with Gasteiger partial charge < -0.3 is 15.2 Å². The van der Waals surface area contributed by atoms with Gasteiger partial charge in [0.05, 0.1) is 11.3 Å². The predicted molar refractivity (Wildman–Crippen MR) is 177 cm³/mol. The lowest BCUT2D eigenvalue weighted by molar-refractivity contribution is -0.210. The van der Waals surface area contributed by atoms with Gasteiger partial charge in [-0.3, -0.25) is 14.4 Å². The van der Waals surface area contributed by atoms with Crippen molar-refractivity contribution in [3.05, 3.63) is 41.5 Å². The first-order chi connectivity index (χ1) is 21.3. The van der Waals surface area contributed by atoms with Gasteiger partial charge in [0.25, 0.3) is 0 Å². The standard InChI is InChI=1S/C39H53NO6/c1-23(41)46-30-14-15-37(6)29(34(30,2)3)13-16-39(8)31(37)28(42)21-25-26-22-36(5,18-17-35(26,4)19-20-38(25,39)7)33(45)40-27-12-10-9-11-24(27)32(43)44/h9-12,21,26,29-31H,13-20,22H2,1-8H3,(H,40,45)(H,43,44)/t26-,29+,30+,31+,35-,36+,37+,38+,39+/m0/s1. The lowest BCUT2D eigenvalue weighted by atomic mass is 9.33. The van der Waals surface area contributed by atoms with E-state index < -0.39 is 11.4 Å². The van der Waals surface area contributed by atoms with Crippen LogP contribution < -0.4 is 5.32 Å². The maximum Gasteiger partial charge on any atom is 0.337 e. The maximum absolute atomic E-state index is 14.7. The number of nitrogens with one attached hydrogen (secondary N) is 1. The highest BCUT2D eigenvalue weighted by Gasteiger charge is 2.70. The molecule has 0 bridgehead atoms. The average Bonchev–Trinajstić information content (AvgIpc) is 2.96. The Balaban J connectivity index is 1.35. The van der Waals surface area contributed by atoms with Crippen LogP contribution in [-0.4, -0.2) is 34.8 Å². The number of anilines is 1. The minimum atomic E-state index is -1.07. The van der Waals surface area contributed by atoms with Crippen LogP contribution in [-0.2, 0) is 19.1 Å². The summed E-state index contributed by atoms with van der Waals surface area (Å²) >= 11 is 0. The van der Waals surface area contributed by atoms with E-state index in [0.29, 0.717) is 12.1 Å². The lowest BCUT2D eigenvalue weighted by Gasteiger charge is -2.70. The summed E-state index contributed by atoms with van der Waals surface area (Å²) in [5.41, 5.74) is 0.123. The molecule has 0 aliphatic heterocycles. The summed E-state index contributed by atoms with van der Waals surface area (Å²) in [6.45, 7) is 17.5. The number of hydrogen-bond donors (Lipinski definition) is 2. The number of carboxylic acids is 1. The van der Waals surface area contributed by atoms with E-state index in [1.807, 2.05) is 13.0 Å². The highest BCUT2D eigenvalue weighted by atomic mass is 16.5. The fourth-order valence-corrected chi connectivity index (χ4v) is 11.8. The number of esters is 1. The van der Waals surface area contributed by atoms with Crippen LogP contribution in [0.15, 0.2) is 35.9 Å². The summed E-state index contributed by atoms with van der Waals surface area (Å²) in [6, 6.07) is 6.57. The second-order valence-electron chi connectivity index (χ2n) is 17.5. The molecule has 1 aromatic rings. The number of benzene rings is 1. The Bertz CT molecular complexity index is 1530. The molecule has 0 aromatic heterocycles. The molecule has 1 amide bonds. The summed E-state index contributed by atoms with van der Waals surface area (Å²) in [5, 5.41) is 12.7. The number of amides is 1. The monoisotopic (exact) mass is 631 g/mol. The van der Waals surface area contributed by atoms with Gasteiger partial charge in [0.1, 0.15) is 6.10 Å². The molecule has 7 heteroatoms. The number of ketones is 1. The van der Waals surface area contributed by atoms with Gasteiger partial charge in [-0.25, -0.2) is 4.79 Å². The highest BCUT2D eigenvalue weighted by molar-refractivity contribution is 6.02. The van der Waals surface area contributed by atoms with E-state index in [2.05, 4.69) is 46.9 Å². The minimum Gasteiger partial charge on any atom is -0.478 e. The van der Waals surface area contributed by atoms with Crippen molar-refractivity contribution >= 4 is 29.3 Å². The van der Waals surface area contributed by atoms with Crippen LogP contribution in [0.2, 0.25) is 0 Å². The van der Waals surface area contributed by atoms with E-state index >= 15 is 0 Å². The van der Waals surface area contributed by atoms with Gasteiger partial charge in [-0.05, 0) is 109 Å². The third-order valence-electron chi connectivity index (χ3n) is 14.8. The SMILES string of the molecule is CC(=O)O[C@@H]1CC[C@]2(C)[C@H](CC[C@]3(C)[C@@H]2C(=O)C=C2[C@@H]4C[C@](C)(C(=O)Nc5ccccc5C(=O)O)CC[C@@]4(C)CC[C@]23C)C1(C)C. The van der Waals surface area contributed by atoms with Gasteiger partial charge in [-0.1, -0.05) is 66.2 Å². The molecule has 0 unspecified atom stereocenters. The Hall–Kier alpha value is -2.96. The molecule has 9 atom stereocenters. The second kappa shape index (κ2) is 10.5. The molecule has 0 heterocycles. The van der Waals surface area contributed by atoms with Gasteiger partial charge in [-0.15, -0.1) is 0 Å². The van der Waals surface area contributed by atoms with Crippen molar-refractivity contribution in [2.75, 3.05) is 5.32 Å². The van der Waals surface area contributed by atoms with E-state index in [4.69, 9.17) is 4.74 Å². The number of carbonyl (C=O) groups excluding carboxylic acids is 3. The first-order valence-electron chi connectivity index (χ1n) is 17.4.